The van der Waals surface area contributed by atoms with Crippen molar-refractivity contribution in [3.8, 4) is 0 Å². The summed E-state index contributed by atoms with van der Waals surface area (Å²) in [6.45, 7) is 2.81. The van der Waals surface area contributed by atoms with Gasteiger partial charge in [0, 0.05) is 11.4 Å². The van der Waals surface area contributed by atoms with E-state index in [0.717, 1.165) is 25.7 Å². The van der Waals surface area contributed by atoms with Crippen molar-refractivity contribution in [1.82, 2.24) is 0 Å². The molecule has 2 fully saturated rings. The van der Waals surface area contributed by atoms with Crippen LogP contribution in [0, 0.1) is 5.92 Å². The molecule has 0 saturated carbocycles. The van der Waals surface area contributed by atoms with E-state index in [0.29, 0.717) is 4.75 Å². The van der Waals surface area contributed by atoms with E-state index in [1.165, 1.54) is 31.4 Å². The van der Waals surface area contributed by atoms with Crippen LogP contribution in [0.5, 0.6) is 0 Å². The first-order chi connectivity index (χ1) is 6.35. The second-order valence-electron chi connectivity index (χ2n) is 4.30. The van der Waals surface area contributed by atoms with E-state index in [2.05, 4.69) is 11.8 Å². The van der Waals surface area contributed by atoms with Gasteiger partial charge in [-0.25, -0.2) is 0 Å². The van der Waals surface area contributed by atoms with Crippen molar-refractivity contribution in [3.63, 3.8) is 0 Å². The molecule has 0 aromatic rings. The molecule has 0 amide bonds. The van der Waals surface area contributed by atoms with Crippen LogP contribution in [-0.2, 0) is 4.74 Å². The topological polar surface area (TPSA) is 35.2 Å². The summed E-state index contributed by atoms with van der Waals surface area (Å²) in [5.74, 6) is 2.16. The van der Waals surface area contributed by atoms with Gasteiger partial charge < -0.3 is 10.5 Å². The van der Waals surface area contributed by atoms with E-state index < -0.39 is 0 Å². The van der Waals surface area contributed by atoms with Gasteiger partial charge in [0.2, 0.25) is 0 Å². The van der Waals surface area contributed by atoms with Crippen molar-refractivity contribution in [2.24, 2.45) is 11.7 Å². The Balaban J connectivity index is 1.87. The molecule has 2 N–H and O–H groups in total. The van der Waals surface area contributed by atoms with Gasteiger partial charge in [0.25, 0.3) is 0 Å². The Hall–Kier alpha value is 0.270. The lowest BCUT2D eigenvalue weighted by molar-refractivity contribution is 0.0651. The minimum atomic E-state index is 0.484. The molecule has 2 atom stereocenters. The van der Waals surface area contributed by atoms with Crippen LogP contribution >= 0.6 is 11.8 Å². The molecule has 0 bridgehead atoms. The highest BCUT2D eigenvalue weighted by atomic mass is 32.2. The molecular formula is C10H19NOS. The van der Waals surface area contributed by atoms with Gasteiger partial charge in [-0.3, -0.25) is 0 Å². The van der Waals surface area contributed by atoms with Crippen molar-refractivity contribution in [1.29, 1.82) is 0 Å². The van der Waals surface area contributed by atoms with Gasteiger partial charge in [0.15, 0.2) is 0 Å². The normalized spacial score (nSPS) is 39.9. The molecule has 2 saturated heterocycles. The van der Waals surface area contributed by atoms with Crippen LogP contribution in [-0.4, -0.2) is 30.3 Å². The Morgan fingerprint density at radius 3 is 3.15 bits per heavy atom. The first kappa shape index (κ1) is 9.81. The molecule has 13 heavy (non-hydrogen) atoms. The highest BCUT2D eigenvalue weighted by Crippen LogP contribution is 2.47. The molecule has 1 spiro atoms. The fourth-order valence-corrected chi connectivity index (χ4v) is 4.14. The quantitative estimate of drug-likeness (QED) is 0.737. The Bertz CT molecular complexity index is 168. The standard InChI is InChI=1S/C10H19NOS/c11-4-2-9-6-10(13-7-9)3-1-5-12-8-10/h9H,1-8,11H2. The molecule has 2 aliphatic rings. The van der Waals surface area contributed by atoms with Crippen LogP contribution in [0.1, 0.15) is 25.7 Å². The second-order valence-corrected chi connectivity index (χ2v) is 5.79. The lowest BCUT2D eigenvalue weighted by Crippen LogP contribution is -2.33. The van der Waals surface area contributed by atoms with Gasteiger partial charge in [-0.2, -0.15) is 11.8 Å². The average molecular weight is 201 g/mol. The van der Waals surface area contributed by atoms with Crippen molar-refractivity contribution < 1.29 is 4.74 Å². The summed E-state index contributed by atoms with van der Waals surface area (Å²) < 4.78 is 6.07. The van der Waals surface area contributed by atoms with Gasteiger partial charge in [-0.05, 0) is 43.9 Å². The second kappa shape index (κ2) is 4.20. The van der Waals surface area contributed by atoms with E-state index in [1.807, 2.05) is 0 Å². The first-order valence-corrected chi connectivity index (χ1v) is 6.25. The number of rotatable bonds is 2. The molecule has 2 heterocycles. The average Bonchev–Trinajstić information content (AvgIpc) is 2.51. The third-order valence-corrected chi connectivity index (χ3v) is 4.89. The molecule has 0 aromatic carbocycles. The zero-order valence-corrected chi connectivity index (χ0v) is 8.94. The third-order valence-electron chi connectivity index (χ3n) is 3.15. The Kier molecular flexibility index (Phi) is 3.17. The van der Waals surface area contributed by atoms with Gasteiger partial charge in [0.1, 0.15) is 0 Å². The molecular weight excluding hydrogens is 182 g/mol. The molecule has 0 radical (unpaired) electrons. The third kappa shape index (κ3) is 2.20. The van der Waals surface area contributed by atoms with E-state index >= 15 is 0 Å². The minimum absolute atomic E-state index is 0.484. The Labute approximate surface area is 84.6 Å². The summed E-state index contributed by atoms with van der Waals surface area (Å²) >= 11 is 2.13. The monoisotopic (exact) mass is 201 g/mol. The summed E-state index contributed by atoms with van der Waals surface area (Å²) in [5, 5.41) is 0. The van der Waals surface area contributed by atoms with Crippen LogP contribution in [0.3, 0.4) is 0 Å². The van der Waals surface area contributed by atoms with Gasteiger partial charge in [-0.15, -0.1) is 0 Å². The number of hydrogen-bond donors (Lipinski definition) is 1. The minimum Gasteiger partial charge on any atom is -0.380 e. The van der Waals surface area contributed by atoms with Crippen LogP contribution in [0.2, 0.25) is 0 Å². The maximum absolute atomic E-state index is 5.59. The summed E-state index contributed by atoms with van der Waals surface area (Å²) in [6.07, 6.45) is 5.16. The largest absolute Gasteiger partial charge is 0.380 e. The summed E-state index contributed by atoms with van der Waals surface area (Å²) in [5.41, 5.74) is 5.59. The molecule has 2 rings (SSSR count). The summed E-state index contributed by atoms with van der Waals surface area (Å²) in [4.78, 5) is 0. The predicted octanol–water partition coefficient (Wildman–Crippen LogP) is 1.64. The Morgan fingerprint density at radius 2 is 2.46 bits per heavy atom. The molecule has 2 nitrogen and oxygen atoms in total. The van der Waals surface area contributed by atoms with Gasteiger partial charge >= 0.3 is 0 Å². The van der Waals surface area contributed by atoms with Gasteiger partial charge in [-0.1, -0.05) is 0 Å². The zero-order valence-electron chi connectivity index (χ0n) is 8.13. The highest BCUT2D eigenvalue weighted by Gasteiger charge is 2.40. The number of hydrogen-bond acceptors (Lipinski definition) is 3. The van der Waals surface area contributed by atoms with Crippen molar-refractivity contribution >= 4 is 11.8 Å². The number of nitrogens with two attached hydrogens (primary N) is 1. The van der Waals surface area contributed by atoms with Crippen LogP contribution in [0.15, 0.2) is 0 Å². The molecule has 76 valence electrons. The van der Waals surface area contributed by atoms with Gasteiger partial charge in [0.05, 0.1) is 6.61 Å². The molecule has 0 aromatic heterocycles. The van der Waals surface area contributed by atoms with Crippen LogP contribution in [0.25, 0.3) is 0 Å². The maximum atomic E-state index is 5.59. The maximum Gasteiger partial charge on any atom is 0.0613 e. The van der Waals surface area contributed by atoms with E-state index in [4.69, 9.17) is 10.5 Å². The molecule has 2 aliphatic heterocycles. The van der Waals surface area contributed by atoms with Crippen molar-refractivity contribution in [3.05, 3.63) is 0 Å². The summed E-state index contributed by atoms with van der Waals surface area (Å²) in [6, 6.07) is 0. The lowest BCUT2D eigenvalue weighted by atomic mass is 9.89. The van der Waals surface area contributed by atoms with E-state index in [1.54, 1.807) is 0 Å². The fraction of sp³-hybridized carbons (Fsp3) is 1.00. The lowest BCUT2D eigenvalue weighted by Gasteiger charge is -2.32. The number of thioether (sulfide) groups is 1. The highest BCUT2D eigenvalue weighted by molar-refractivity contribution is 8.00. The first-order valence-electron chi connectivity index (χ1n) is 5.26. The SMILES string of the molecule is NCCC1CSC2(CCCOC2)C1. The van der Waals surface area contributed by atoms with E-state index in [9.17, 15) is 0 Å². The van der Waals surface area contributed by atoms with Crippen LogP contribution in [0.4, 0.5) is 0 Å². The van der Waals surface area contributed by atoms with Crippen LogP contribution < -0.4 is 5.73 Å². The Morgan fingerprint density at radius 1 is 1.54 bits per heavy atom. The molecule has 2 unspecified atom stereocenters. The summed E-state index contributed by atoms with van der Waals surface area (Å²) in [7, 11) is 0. The van der Waals surface area contributed by atoms with Crippen molar-refractivity contribution in [2.75, 3.05) is 25.5 Å². The van der Waals surface area contributed by atoms with E-state index in [-0.39, 0.29) is 0 Å². The smallest absolute Gasteiger partial charge is 0.0613 e. The number of ether oxygens (including phenoxy) is 1. The fourth-order valence-electron chi connectivity index (χ4n) is 2.46. The zero-order chi connectivity index (χ0) is 9.15. The molecule has 0 aliphatic carbocycles. The van der Waals surface area contributed by atoms with Crippen molar-refractivity contribution in [2.45, 2.75) is 30.4 Å². The predicted molar refractivity (Wildman–Crippen MR) is 57.0 cm³/mol. The molecule has 3 heteroatoms.